The van der Waals surface area contributed by atoms with Gasteiger partial charge in [-0.1, -0.05) is 19.3 Å². The number of nitrogens with zero attached hydrogens (tertiary/aromatic N) is 2. The number of carbonyl (C=O) groups is 1. The van der Waals surface area contributed by atoms with Gasteiger partial charge in [0.15, 0.2) is 0 Å². The monoisotopic (exact) mass is 312 g/mol. The van der Waals surface area contributed by atoms with Crippen molar-refractivity contribution < 1.29 is 9.90 Å². The standard InChI is InChI=1S/C17H20N4O2/c22-14-8-6-13(7-9-14)21-17(23)15-10-16(19-11-18-15)20-12-4-2-1-3-5-12/h6-12,22H,1-5H2,(H,21,23)(H,18,19,20). The molecule has 0 unspecified atom stereocenters. The Morgan fingerprint density at radius 1 is 1.09 bits per heavy atom. The Bertz CT molecular complexity index is 667. The molecule has 1 aromatic heterocycles. The fraction of sp³-hybridized carbons (Fsp3) is 0.353. The normalized spacial score (nSPS) is 15.1. The first-order valence-corrected chi connectivity index (χ1v) is 7.90. The minimum Gasteiger partial charge on any atom is -0.508 e. The van der Waals surface area contributed by atoms with Gasteiger partial charge in [-0.05, 0) is 37.1 Å². The molecule has 1 saturated carbocycles. The lowest BCUT2D eigenvalue weighted by atomic mass is 9.95. The van der Waals surface area contributed by atoms with Crippen LogP contribution in [0.15, 0.2) is 36.7 Å². The molecule has 1 aliphatic rings. The van der Waals surface area contributed by atoms with E-state index < -0.39 is 0 Å². The molecule has 1 aliphatic carbocycles. The SMILES string of the molecule is O=C(Nc1ccc(O)cc1)c1cc(NC2CCCCC2)ncn1. The number of benzene rings is 1. The summed E-state index contributed by atoms with van der Waals surface area (Å²) >= 11 is 0. The van der Waals surface area contributed by atoms with Crippen molar-refractivity contribution in [1.82, 2.24) is 9.97 Å². The summed E-state index contributed by atoms with van der Waals surface area (Å²) in [4.78, 5) is 20.5. The van der Waals surface area contributed by atoms with Crippen molar-refractivity contribution in [2.45, 2.75) is 38.1 Å². The van der Waals surface area contributed by atoms with Crippen LogP contribution in [0.5, 0.6) is 5.75 Å². The fourth-order valence-electron chi connectivity index (χ4n) is 2.76. The number of aromatic hydroxyl groups is 1. The highest BCUT2D eigenvalue weighted by Gasteiger charge is 2.15. The zero-order valence-electron chi connectivity index (χ0n) is 12.8. The van der Waals surface area contributed by atoms with Gasteiger partial charge in [0.25, 0.3) is 5.91 Å². The highest BCUT2D eigenvalue weighted by atomic mass is 16.3. The van der Waals surface area contributed by atoms with Crippen LogP contribution in [0, 0.1) is 0 Å². The van der Waals surface area contributed by atoms with Crippen LogP contribution in [0.2, 0.25) is 0 Å². The topological polar surface area (TPSA) is 87.1 Å². The Morgan fingerprint density at radius 2 is 1.83 bits per heavy atom. The molecule has 6 heteroatoms. The third-order valence-electron chi connectivity index (χ3n) is 3.98. The molecule has 23 heavy (non-hydrogen) atoms. The Labute approximate surface area is 135 Å². The van der Waals surface area contributed by atoms with Gasteiger partial charge in [0.1, 0.15) is 23.6 Å². The lowest BCUT2D eigenvalue weighted by Crippen LogP contribution is -2.23. The van der Waals surface area contributed by atoms with Crippen LogP contribution < -0.4 is 10.6 Å². The summed E-state index contributed by atoms with van der Waals surface area (Å²) in [6.07, 6.45) is 7.44. The number of hydrogen-bond donors (Lipinski definition) is 3. The third-order valence-corrected chi connectivity index (χ3v) is 3.98. The number of anilines is 2. The van der Waals surface area contributed by atoms with Crippen LogP contribution in [-0.4, -0.2) is 27.0 Å². The van der Waals surface area contributed by atoms with Crippen LogP contribution >= 0.6 is 0 Å². The van der Waals surface area contributed by atoms with Gasteiger partial charge in [-0.15, -0.1) is 0 Å². The minimum absolute atomic E-state index is 0.156. The first kappa shape index (κ1) is 15.3. The van der Waals surface area contributed by atoms with E-state index >= 15 is 0 Å². The van der Waals surface area contributed by atoms with E-state index in [-0.39, 0.29) is 11.7 Å². The van der Waals surface area contributed by atoms with Gasteiger partial charge in [-0.3, -0.25) is 4.79 Å². The van der Waals surface area contributed by atoms with Crippen molar-refractivity contribution >= 4 is 17.4 Å². The van der Waals surface area contributed by atoms with Crippen molar-refractivity contribution in [2.24, 2.45) is 0 Å². The van der Waals surface area contributed by atoms with Crippen LogP contribution in [-0.2, 0) is 0 Å². The molecule has 0 bridgehead atoms. The molecular weight excluding hydrogens is 292 g/mol. The van der Waals surface area contributed by atoms with E-state index in [9.17, 15) is 9.90 Å². The molecule has 0 atom stereocenters. The molecule has 0 radical (unpaired) electrons. The zero-order chi connectivity index (χ0) is 16.1. The summed E-state index contributed by atoms with van der Waals surface area (Å²) in [5.41, 5.74) is 0.916. The third kappa shape index (κ3) is 4.18. The molecule has 1 heterocycles. The average molecular weight is 312 g/mol. The minimum atomic E-state index is -0.301. The maximum Gasteiger partial charge on any atom is 0.274 e. The molecule has 1 aromatic carbocycles. The van der Waals surface area contributed by atoms with Gasteiger partial charge < -0.3 is 15.7 Å². The van der Waals surface area contributed by atoms with Crippen LogP contribution in [0.3, 0.4) is 0 Å². The second-order valence-electron chi connectivity index (χ2n) is 5.77. The number of phenolic OH excluding ortho intramolecular Hbond substituents is 1. The molecular formula is C17H20N4O2. The fourth-order valence-corrected chi connectivity index (χ4v) is 2.76. The lowest BCUT2D eigenvalue weighted by Gasteiger charge is -2.23. The molecule has 0 saturated heterocycles. The van der Waals surface area contributed by atoms with E-state index in [0.717, 1.165) is 12.8 Å². The van der Waals surface area contributed by atoms with E-state index in [1.54, 1.807) is 18.2 Å². The first-order chi connectivity index (χ1) is 11.2. The molecule has 0 aliphatic heterocycles. The van der Waals surface area contributed by atoms with Crippen molar-refractivity contribution in [2.75, 3.05) is 10.6 Å². The number of amides is 1. The molecule has 3 rings (SSSR count). The molecule has 0 spiro atoms. The molecule has 1 fully saturated rings. The second kappa shape index (κ2) is 7.09. The maximum absolute atomic E-state index is 12.3. The van der Waals surface area contributed by atoms with Crippen LogP contribution in [0.1, 0.15) is 42.6 Å². The highest BCUT2D eigenvalue weighted by molar-refractivity contribution is 6.03. The smallest absolute Gasteiger partial charge is 0.274 e. The van der Waals surface area contributed by atoms with E-state index in [1.165, 1.54) is 37.7 Å². The predicted octanol–water partition coefficient (Wildman–Crippen LogP) is 3.18. The molecule has 120 valence electrons. The lowest BCUT2D eigenvalue weighted by molar-refractivity contribution is 0.102. The summed E-state index contributed by atoms with van der Waals surface area (Å²) in [6.45, 7) is 0. The number of hydrogen-bond acceptors (Lipinski definition) is 5. The molecule has 6 nitrogen and oxygen atoms in total. The number of nitrogens with one attached hydrogen (secondary N) is 2. The van der Waals surface area contributed by atoms with E-state index in [2.05, 4.69) is 20.6 Å². The second-order valence-corrected chi connectivity index (χ2v) is 5.77. The largest absolute Gasteiger partial charge is 0.508 e. The van der Waals surface area contributed by atoms with Gasteiger partial charge in [0, 0.05) is 17.8 Å². The Morgan fingerprint density at radius 3 is 2.57 bits per heavy atom. The van der Waals surface area contributed by atoms with Gasteiger partial charge in [0.05, 0.1) is 0 Å². The van der Waals surface area contributed by atoms with Crippen molar-refractivity contribution in [3.63, 3.8) is 0 Å². The van der Waals surface area contributed by atoms with Gasteiger partial charge in [-0.2, -0.15) is 0 Å². The summed E-state index contributed by atoms with van der Waals surface area (Å²) in [5.74, 6) is 0.538. The summed E-state index contributed by atoms with van der Waals surface area (Å²) in [6, 6.07) is 8.40. The molecule has 1 amide bonds. The zero-order valence-corrected chi connectivity index (χ0v) is 12.8. The summed E-state index contributed by atoms with van der Waals surface area (Å²) in [7, 11) is 0. The van der Waals surface area contributed by atoms with Gasteiger partial charge >= 0.3 is 0 Å². The van der Waals surface area contributed by atoms with Crippen molar-refractivity contribution in [3.05, 3.63) is 42.4 Å². The van der Waals surface area contributed by atoms with Crippen LogP contribution in [0.25, 0.3) is 0 Å². The maximum atomic E-state index is 12.3. The summed E-state index contributed by atoms with van der Waals surface area (Å²) < 4.78 is 0. The highest BCUT2D eigenvalue weighted by Crippen LogP contribution is 2.21. The Balaban J connectivity index is 1.66. The van der Waals surface area contributed by atoms with E-state index in [1.807, 2.05) is 0 Å². The number of aromatic nitrogens is 2. The number of phenols is 1. The van der Waals surface area contributed by atoms with Gasteiger partial charge in [0.2, 0.25) is 0 Å². The van der Waals surface area contributed by atoms with Gasteiger partial charge in [-0.25, -0.2) is 9.97 Å². The average Bonchev–Trinajstić information content (AvgIpc) is 2.58. The van der Waals surface area contributed by atoms with E-state index in [4.69, 9.17) is 0 Å². The molecule has 3 N–H and O–H groups in total. The molecule has 2 aromatic rings. The number of carbonyl (C=O) groups excluding carboxylic acids is 1. The first-order valence-electron chi connectivity index (χ1n) is 7.90. The number of rotatable bonds is 4. The Kier molecular flexibility index (Phi) is 4.71. The quantitative estimate of drug-likeness (QED) is 0.755. The predicted molar refractivity (Wildman–Crippen MR) is 88.6 cm³/mol. The van der Waals surface area contributed by atoms with E-state index in [0.29, 0.717) is 23.2 Å². The van der Waals surface area contributed by atoms with Crippen LogP contribution in [0.4, 0.5) is 11.5 Å². The summed E-state index contributed by atoms with van der Waals surface area (Å²) in [5, 5.41) is 15.4. The Hall–Kier alpha value is -2.63. The van der Waals surface area contributed by atoms with Crippen molar-refractivity contribution in [3.8, 4) is 5.75 Å². The van der Waals surface area contributed by atoms with Crippen molar-refractivity contribution in [1.29, 1.82) is 0 Å².